The highest BCUT2D eigenvalue weighted by atomic mass is 16.5. The maximum Gasteiger partial charge on any atom is 0.220 e. The van der Waals surface area contributed by atoms with Crippen molar-refractivity contribution in [3.8, 4) is 0 Å². The number of methoxy groups -OCH3 is 1. The van der Waals surface area contributed by atoms with E-state index >= 15 is 0 Å². The summed E-state index contributed by atoms with van der Waals surface area (Å²) < 4.78 is 5.06. The van der Waals surface area contributed by atoms with E-state index in [9.17, 15) is 4.79 Å². The van der Waals surface area contributed by atoms with Crippen molar-refractivity contribution in [3.63, 3.8) is 0 Å². The summed E-state index contributed by atoms with van der Waals surface area (Å²) in [5.41, 5.74) is -0.0132. The number of nitrogens with one attached hydrogen (secondary N) is 1. The molecule has 1 aliphatic carbocycles. The maximum absolute atomic E-state index is 11.4. The Balaban J connectivity index is 2.27. The number of ether oxygens (including phenoxy) is 1. The third-order valence-corrected chi connectivity index (χ3v) is 2.27. The fourth-order valence-corrected chi connectivity index (χ4v) is 1.45. The summed E-state index contributed by atoms with van der Waals surface area (Å²) in [7, 11) is 1.68. The predicted molar refractivity (Wildman–Crippen MR) is 51.4 cm³/mol. The number of carbonyl (C=O) groups is 1. The van der Waals surface area contributed by atoms with Gasteiger partial charge in [-0.3, -0.25) is 4.79 Å². The van der Waals surface area contributed by atoms with Crippen molar-refractivity contribution in [2.45, 2.75) is 38.6 Å². The first kappa shape index (κ1) is 10.5. The second kappa shape index (κ2) is 4.09. The lowest BCUT2D eigenvalue weighted by Gasteiger charge is -2.16. The van der Waals surface area contributed by atoms with E-state index in [1.54, 1.807) is 7.11 Å². The van der Waals surface area contributed by atoms with E-state index in [4.69, 9.17) is 4.74 Å². The van der Waals surface area contributed by atoms with E-state index in [2.05, 4.69) is 19.2 Å². The Labute approximate surface area is 79.8 Å². The molecule has 13 heavy (non-hydrogen) atoms. The van der Waals surface area contributed by atoms with Gasteiger partial charge in [0.1, 0.15) is 0 Å². The van der Waals surface area contributed by atoms with Crippen LogP contribution < -0.4 is 5.32 Å². The summed E-state index contributed by atoms with van der Waals surface area (Å²) in [5, 5.41) is 3.04. The van der Waals surface area contributed by atoms with Gasteiger partial charge in [-0.05, 0) is 18.8 Å². The molecule has 3 heteroatoms. The van der Waals surface area contributed by atoms with E-state index in [1.807, 2.05) is 0 Å². The minimum absolute atomic E-state index is 0.0132. The average Bonchev–Trinajstić information content (AvgIpc) is 2.67. The summed E-state index contributed by atoms with van der Waals surface area (Å²) in [6.07, 6.45) is 2.74. The molecule has 1 saturated carbocycles. The van der Waals surface area contributed by atoms with Crippen molar-refractivity contribution in [2.75, 3.05) is 13.7 Å². The highest BCUT2D eigenvalue weighted by Crippen LogP contribution is 2.35. The Bertz CT molecular complexity index is 185. The summed E-state index contributed by atoms with van der Waals surface area (Å²) in [6, 6.07) is 0. The van der Waals surface area contributed by atoms with Crippen LogP contribution in [-0.4, -0.2) is 25.2 Å². The normalized spacial score (nSPS) is 18.8. The molecular formula is C10H19NO2. The molecule has 0 unspecified atom stereocenters. The van der Waals surface area contributed by atoms with Gasteiger partial charge in [0.05, 0.1) is 12.1 Å². The average molecular weight is 185 g/mol. The second-order valence-corrected chi connectivity index (χ2v) is 4.36. The van der Waals surface area contributed by atoms with Gasteiger partial charge in [-0.15, -0.1) is 0 Å². The molecule has 0 saturated heterocycles. The van der Waals surface area contributed by atoms with E-state index in [-0.39, 0.29) is 11.4 Å². The summed E-state index contributed by atoms with van der Waals surface area (Å²) in [6.45, 7) is 4.75. The second-order valence-electron chi connectivity index (χ2n) is 4.36. The Morgan fingerprint density at radius 1 is 1.54 bits per heavy atom. The number of carbonyl (C=O) groups excluding carboxylic acids is 1. The minimum Gasteiger partial charge on any atom is -0.382 e. The molecule has 1 N–H and O–H groups in total. The van der Waals surface area contributed by atoms with Crippen LogP contribution >= 0.6 is 0 Å². The molecule has 0 aromatic rings. The maximum atomic E-state index is 11.4. The number of hydrogen-bond acceptors (Lipinski definition) is 2. The Morgan fingerprint density at radius 3 is 2.54 bits per heavy atom. The van der Waals surface area contributed by atoms with Crippen LogP contribution in [0.4, 0.5) is 0 Å². The van der Waals surface area contributed by atoms with Crippen LogP contribution in [0.3, 0.4) is 0 Å². The highest BCUT2D eigenvalue weighted by molar-refractivity contribution is 5.77. The minimum atomic E-state index is -0.0132. The zero-order chi connectivity index (χ0) is 9.90. The summed E-state index contributed by atoms with van der Waals surface area (Å²) in [4.78, 5) is 11.4. The van der Waals surface area contributed by atoms with Crippen LogP contribution in [0.25, 0.3) is 0 Å². The van der Waals surface area contributed by atoms with Crippen LogP contribution in [0.5, 0.6) is 0 Å². The van der Waals surface area contributed by atoms with Gasteiger partial charge in [-0.1, -0.05) is 13.8 Å². The van der Waals surface area contributed by atoms with Crippen molar-refractivity contribution in [3.05, 3.63) is 0 Å². The van der Waals surface area contributed by atoms with E-state index < -0.39 is 0 Å². The first-order valence-electron chi connectivity index (χ1n) is 4.88. The fourth-order valence-electron chi connectivity index (χ4n) is 1.45. The van der Waals surface area contributed by atoms with Gasteiger partial charge in [0.25, 0.3) is 0 Å². The molecule has 3 nitrogen and oxygen atoms in total. The molecule has 0 spiro atoms. The van der Waals surface area contributed by atoms with Gasteiger partial charge in [-0.25, -0.2) is 0 Å². The van der Waals surface area contributed by atoms with Crippen LogP contribution in [0.15, 0.2) is 0 Å². The smallest absolute Gasteiger partial charge is 0.220 e. The van der Waals surface area contributed by atoms with Crippen molar-refractivity contribution < 1.29 is 9.53 Å². The molecule has 0 radical (unpaired) electrons. The standard InChI is InChI=1S/C10H19NO2/c1-8(2)6-9(12)11-10(4-5-10)7-13-3/h8H,4-7H2,1-3H3,(H,11,12). The Hall–Kier alpha value is -0.570. The van der Waals surface area contributed by atoms with Crippen LogP contribution in [0.1, 0.15) is 33.1 Å². The Kier molecular flexibility index (Phi) is 3.31. The molecule has 1 fully saturated rings. The molecule has 0 heterocycles. The van der Waals surface area contributed by atoms with Gasteiger partial charge in [-0.2, -0.15) is 0 Å². The molecule has 76 valence electrons. The molecule has 0 aromatic carbocycles. The molecule has 0 aliphatic heterocycles. The predicted octanol–water partition coefficient (Wildman–Crippen LogP) is 1.33. The van der Waals surface area contributed by atoms with Crippen LogP contribution in [0, 0.1) is 5.92 Å². The van der Waals surface area contributed by atoms with Gasteiger partial charge in [0.2, 0.25) is 5.91 Å². The fraction of sp³-hybridized carbons (Fsp3) is 0.900. The van der Waals surface area contributed by atoms with Crippen LogP contribution in [0.2, 0.25) is 0 Å². The topological polar surface area (TPSA) is 38.3 Å². The van der Waals surface area contributed by atoms with Gasteiger partial charge >= 0.3 is 0 Å². The van der Waals surface area contributed by atoms with Gasteiger partial charge < -0.3 is 10.1 Å². The third kappa shape index (κ3) is 3.35. The van der Waals surface area contributed by atoms with Crippen LogP contribution in [-0.2, 0) is 9.53 Å². The zero-order valence-corrected chi connectivity index (χ0v) is 8.72. The SMILES string of the molecule is COCC1(NC(=O)CC(C)C)CC1. The lowest BCUT2D eigenvalue weighted by molar-refractivity contribution is -0.123. The molecular weight excluding hydrogens is 166 g/mol. The van der Waals surface area contributed by atoms with Crippen molar-refractivity contribution in [2.24, 2.45) is 5.92 Å². The molecule has 1 amide bonds. The largest absolute Gasteiger partial charge is 0.382 e. The van der Waals surface area contributed by atoms with Gasteiger partial charge in [0.15, 0.2) is 0 Å². The third-order valence-electron chi connectivity index (χ3n) is 2.27. The van der Waals surface area contributed by atoms with Crippen molar-refractivity contribution in [1.82, 2.24) is 5.32 Å². The Morgan fingerprint density at radius 2 is 2.15 bits per heavy atom. The quantitative estimate of drug-likeness (QED) is 0.701. The number of amides is 1. The number of rotatable bonds is 5. The first-order valence-corrected chi connectivity index (χ1v) is 4.88. The molecule has 0 atom stereocenters. The van der Waals surface area contributed by atoms with E-state index in [0.717, 1.165) is 12.8 Å². The van der Waals surface area contributed by atoms with E-state index in [1.165, 1.54) is 0 Å². The molecule has 1 rings (SSSR count). The van der Waals surface area contributed by atoms with Crippen molar-refractivity contribution >= 4 is 5.91 Å². The van der Waals surface area contributed by atoms with Crippen molar-refractivity contribution in [1.29, 1.82) is 0 Å². The molecule has 0 bridgehead atoms. The first-order chi connectivity index (χ1) is 6.08. The zero-order valence-electron chi connectivity index (χ0n) is 8.72. The lowest BCUT2D eigenvalue weighted by atomic mass is 10.1. The summed E-state index contributed by atoms with van der Waals surface area (Å²) in [5.74, 6) is 0.586. The summed E-state index contributed by atoms with van der Waals surface area (Å²) >= 11 is 0. The van der Waals surface area contributed by atoms with E-state index in [0.29, 0.717) is 18.9 Å². The highest BCUT2D eigenvalue weighted by Gasteiger charge is 2.43. The monoisotopic (exact) mass is 185 g/mol. The van der Waals surface area contributed by atoms with Gasteiger partial charge in [0, 0.05) is 13.5 Å². The molecule has 0 aromatic heterocycles. The number of hydrogen-bond donors (Lipinski definition) is 1. The lowest BCUT2D eigenvalue weighted by Crippen LogP contribution is -2.40. The molecule has 1 aliphatic rings.